The minimum atomic E-state index is 0.0352. The lowest BCUT2D eigenvalue weighted by Crippen LogP contribution is -2.15. The van der Waals surface area contributed by atoms with Gasteiger partial charge in [0.1, 0.15) is 0 Å². The summed E-state index contributed by atoms with van der Waals surface area (Å²) < 4.78 is 0. The zero-order valence-corrected chi connectivity index (χ0v) is 13.7. The molecular weight excluding hydrogens is 302 g/mol. The molecule has 0 saturated heterocycles. The summed E-state index contributed by atoms with van der Waals surface area (Å²) in [5, 5.41) is 0.718. The van der Waals surface area contributed by atoms with Crippen molar-refractivity contribution in [1.29, 1.82) is 0 Å². The molecule has 2 aromatic rings. The summed E-state index contributed by atoms with van der Waals surface area (Å²) in [4.78, 5) is 25.1. The Balaban J connectivity index is 1.83. The SMILES string of the molecule is CSc1ccnc(C)c1CSc1nc2c(c(=O)[nH]1)CCC2. The Morgan fingerprint density at radius 3 is 3.05 bits per heavy atom. The number of aromatic nitrogens is 3. The molecule has 2 aromatic heterocycles. The fraction of sp³-hybridized carbons (Fsp3) is 0.400. The zero-order valence-electron chi connectivity index (χ0n) is 12.1. The van der Waals surface area contributed by atoms with Crippen LogP contribution in [0.1, 0.15) is 28.9 Å². The van der Waals surface area contributed by atoms with Crippen LogP contribution < -0.4 is 5.56 Å². The predicted octanol–water partition coefficient (Wildman–Crippen LogP) is 2.98. The Hall–Kier alpha value is -1.27. The molecule has 0 unspecified atom stereocenters. The van der Waals surface area contributed by atoms with E-state index in [4.69, 9.17) is 0 Å². The van der Waals surface area contributed by atoms with Crippen LogP contribution in [0.15, 0.2) is 27.1 Å². The van der Waals surface area contributed by atoms with Gasteiger partial charge < -0.3 is 4.98 Å². The normalized spacial score (nSPS) is 13.4. The topological polar surface area (TPSA) is 58.6 Å². The molecular formula is C15H17N3OS2. The molecule has 1 aliphatic rings. The van der Waals surface area contributed by atoms with Gasteiger partial charge in [-0.05, 0) is 44.1 Å². The smallest absolute Gasteiger partial charge is 0.254 e. The van der Waals surface area contributed by atoms with Gasteiger partial charge in [-0.2, -0.15) is 0 Å². The molecule has 0 saturated carbocycles. The molecule has 1 aliphatic carbocycles. The fourth-order valence-corrected chi connectivity index (χ4v) is 4.31. The minimum absolute atomic E-state index is 0.0352. The van der Waals surface area contributed by atoms with Gasteiger partial charge in [-0.3, -0.25) is 9.78 Å². The number of fused-ring (bicyclic) bond motifs is 1. The summed E-state index contributed by atoms with van der Waals surface area (Å²) >= 11 is 3.30. The van der Waals surface area contributed by atoms with E-state index in [1.54, 1.807) is 23.5 Å². The van der Waals surface area contributed by atoms with Crippen LogP contribution in [-0.2, 0) is 18.6 Å². The van der Waals surface area contributed by atoms with Crippen molar-refractivity contribution >= 4 is 23.5 Å². The van der Waals surface area contributed by atoms with Crippen molar-refractivity contribution in [3.8, 4) is 0 Å². The highest BCUT2D eigenvalue weighted by molar-refractivity contribution is 7.99. The second-order valence-electron chi connectivity index (χ2n) is 5.02. The van der Waals surface area contributed by atoms with E-state index in [1.807, 2.05) is 19.2 Å². The number of nitrogens with one attached hydrogen (secondary N) is 1. The maximum Gasteiger partial charge on any atom is 0.254 e. The lowest BCUT2D eigenvalue weighted by atomic mass is 10.2. The average Bonchev–Trinajstić information content (AvgIpc) is 2.94. The number of hydrogen-bond donors (Lipinski definition) is 1. The summed E-state index contributed by atoms with van der Waals surface area (Å²) in [5.74, 6) is 0.775. The van der Waals surface area contributed by atoms with E-state index >= 15 is 0 Å². The first-order valence-electron chi connectivity index (χ1n) is 6.92. The van der Waals surface area contributed by atoms with E-state index in [2.05, 4.69) is 21.2 Å². The Kier molecular flexibility index (Phi) is 4.35. The number of nitrogens with zero attached hydrogens (tertiary/aromatic N) is 2. The molecule has 0 spiro atoms. The Morgan fingerprint density at radius 2 is 2.24 bits per heavy atom. The van der Waals surface area contributed by atoms with Crippen LogP contribution in [0.2, 0.25) is 0 Å². The van der Waals surface area contributed by atoms with Crippen LogP contribution in [0.3, 0.4) is 0 Å². The monoisotopic (exact) mass is 319 g/mol. The average molecular weight is 319 g/mol. The lowest BCUT2D eigenvalue weighted by Gasteiger charge is -2.09. The van der Waals surface area contributed by atoms with Gasteiger partial charge in [-0.15, -0.1) is 11.8 Å². The van der Waals surface area contributed by atoms with Crippen molar-refractivity contribution in [2.45, 2.75) is 42.0 Å². The van der Waals surface area contributed by atoms with Crippen molar-refractivity contribution in [3.63, 3.8) is 0 Å². The first-order chi connectivity index (χ1) is 10.2. The van der Waals surface area contributed by atoms with Crippen LogP contribution in [-0.4, -0.2) is 21.2 Å². The summed E-state index contributed by atoms with van der Waals surface area (Å²) in [6.45, 7) is 2.02. The van der Waals surface area contributed by atoms with Gasteiger partial charge in [0.2, 0.25) is 0 Å². The summed E-state index contributed by atoms with van der Waals surface area (Å²) in [7, 11) is 0. The third kappa shape index (κ3) is 3.01. The van der Waals surface area contributed by atoms with Crippen molar-refractivity contribution in [3.05, 3.63) is 45.1 Å². The first kappa shape index (κ1) is 14.7. The summed E-state index contributed by atoms with van der Waals surface area (Å²) in [6.07, 6.45) is 6.73. The lowest BCUT2D eigenvalue weighted by molar-refractivity contribution is 0.869. The number of aryl methyl sites for hydroxylation is 2. The molecule has 0 amide bonds. The molecule has 2 heterocycles. The summed E-state index contributed by atoms with van der Waals surface area (Å²) in [6, 6.07) is 2.03. The van der Waals surface area contributed by atoms with E-state index in [0.717, 1.165) is 47.1 Å². The third-order valence-corrected chi connectivity index (χ3v) is 5.44. The van der Waals surface area contributed by atoms with Crippen molar-refractivity contribution in [2.24, 2.45) is 0 Å². The molecule has 6 heteroatoms. The van der Waals surface area contributed by atoms with Crippen LogP contribution in [0.4, 0.5) is 0 Å². The molecule has 0 aliphatic heterocycles. The van der Waals surface area contributed by atoms with Crippen molar-refractivity contribution in [2.75, 3.05) is 6.26 Å². The molecule has 3 rings (SSSR count). The highest BCUT2D eigenvalue weighted by Gasteiger charge is 2.17. The molecule has 0 atom stereocenters. The molecule has 21 heavy (non-hydrogen) atoms. The number of hydrogen-bond acceptors (Lipinski definition) is 5. The van der Waals surface area contributed by atoms with Crippen LogP contribution in [0, 0.1) is 6.92 Å². The van der Waals surface area contributed by atoms with E-state index in [1.165, 1.54) is 10.5 Å². The van der Waals surface area contributed by atoms with Gasteiger partial charge >= 0.3 is 0 Å². The maximum absolute atomic E-state index is 12.0. The maximum atomic E-state index is 12.0. The second kappa shape index (κ2) is 6.23. The third-order valence-electron chi connectivity index (χ3n) is 3.72. The molecule has 110 valence electrons. The van der Waals surface area contributed by atoms with Crippen LogP contribution in [0.25, 0.3) is 0 Å². The van der Waals surface area contributed by atoms with E-state index < -0.39 is 0 Å². The second-order valence-corrected chi connectivity index (χ2v) is 6.83. The largest absolute Gasteiger partial charge is 0.301 e. The molecule has 0 bridgehead atoms. The highest BCUT2D eigenvalue weighted by Crippen LogP contribution is 2.28. The molecule has 4 nitrogen and oxygen atoms in total. The first-order valence-corrected chi connectivity index (χ1v) is 9.13. The predicted molar refractivity (Wildman–Crippen MR) is 87.2 cm³/mol. The Bertz CT molecular complexity index is 727. The fourth-order valence-electron chi connectivity index (χ4n) is 2.57. The molecule has 0 fully saturated rings. The number of H-pyrrole nitrogens is 1. The molecule has 1 N–H and O–H groups in total. The van der Waals surface area contributed by atoms with Crippen LogP contribution >= 0.6 is 23.5 Å². The molecule has 0 aromatic carbocycles. The number of thioether (sulfide) groups is 2. The van der Waals surface area contributed by atoms with E-state index in [-0.39, 0.29) is 5.56 Å². The molecule has 0 radical (unpaired) electrons. The quantitative estimate of drug-likeness (QED) is 0.693. The van der Waals surface area contributed by atoms with Crippen LogP contribution in [0.5, 0.6) is 0 Å². The van der Waals surface area contributed by atoms with Gasteiger partial charge in [0.05, 0.1) is 5.69 Å². The van der Waals surface area contributed by atoms with E-state index in [0.29, 0.717) is 0 Å². The standard InChI is InChI=1S/C15H17N3OS2/c1-9-11(13(20-2)6-7-16-9)8-21-15-17-12-5-3-4-10(12)14(19)18-15/h6-7H,3-5,8H2,1-2H3,(H,17,18,19). The van der Waals surface area contributed by atoms with Gasteiger partial charge in [0.15, 0.2) is 5.16 Å². The van der Waals surface area contributed by atoms with Gasteiger partial charge in [-0.1, -0.05) is 11.8 Å². The highest BCUT2D eigenvalue weighted by atomic mass is 32.2. The van der Waals surface area contributed by atoms with Crippen molar-refractivity contribution in [1.82, 2.24) is 15.0 Å². The Labute approximate surface area is 132 Å². The minimum Gasteiger partial charge on any atom is -0.301 e. The number of pyridine rings is 1. The number of aromatic amines is 1. The summed E-state index contributed by atoms with van der Waals surface area (Å²) in [5.41, 5.74) is 4.15. The van der Waals surface area contributed by atoms with Gasteiger partial charge in [-0.25, -0.2) is 4.98 Å². The van der Waals surface area contributed by atoms with E-state index in [9.17, 15) is 4.79 Å². The zero-order chi connectivity index (χ0) is 14.8. The van der Waals surface area contributed by atoms with Gasteiger partial charge in [0, 0.05) is 28.1 Å². The van der Waals surface area contributed by atoms with Gasteiger partial charge in [0.25, 0.3) is 5.56 Å². The number of rotatable bonds is 4. The Morgan fingerprint density at radius 1 is 1.38 bits per heavy atom. The van der Waals surface area contributed by atoms with Crippen molar-refractivity contribution < 1.29 is 0 Å².